The Morgan fingerprint density at radius 1 is 1.27 bits per heavy atom. The average Bonchev–Trinajstić information content (AvgIpc) is 1.90. The van der Waals surface area contributed by atoms with Gasteiger partial charge in [0.15, 0.2) is 0 Å². The van der Waals surface area contributed by atoms with Crippen LogP contribution in [0.5, 0.6) is 0 Å². The lowest BCUT2D eigenvalue weighted by Gasteiger charge is -1.97. The quantitative estimate of drug-likeness (QED) is 0.489. The predicted octanol–water partition coefficient (Wildman–Crippen LogP) is 2.41. The molecular weight excluding hydrogens is 163 g/mol. The first-order chi connectivity index (χ1) is 5.22. The van der Waals surface area contributed by atoms with Gasteiger partial charge in [-0.1, -0.05) is 13.2 Å². The minimum atomic E-state index is -2.14. The molecule has 0 aliphatic carbocycles. The fourth-order valence-electron chi connectivity index (χ4n) is 0.277. The van der Waals surface area contributed by atoms with Gasteiger partial charge in [0.25, 0.3) is 0 Å². The summed E-state index contributed by atoms with van der Waals surface area (Å²) in [5.74, 6) is 0. The molecule has 0 atom stereocenters. The highest BCUT2D eigenvalue weighted by atomic mass is 31.1. The lowest BCUT2D eigenvalue weighted by atomic mass is 10.9. The predicted molar refractivity (Wildman–Crippen MR) is 47.0 cm³/mol. The van der Waals surface area contributed by atoms with Crippen molar-refractivity contribution in [3.63, 3.8) is 0 Å². The largest absolute Gasteiger partial charge is 0.319 e. The zero-order chi connectivity index (χ0) is 9.11. The van der Waals surface area contributed by atoms with Crippen LogP contribution in [0.15, 0.2) is 18.9 Å². The number of rotatable bonds is 4. The van der Waals surface area contributed by atoms with Crippen LogP contribution in [0, 0.1) is 0 Å². The fourth-order valence-corrected chi connectivity index (χ4v) is 0.832. The molecule has 0 heterocycles. The van der Waals surface area contributed by atoms with E-state index in [4.69, 9.17) is 0 Å². The fraction of sp³-hybridized carbons (Fsp3) is 0.571. The second kappa shape index (κ2) is 12.4. The molecule has 0 spiro atoms. The second-order valence-corrected chi connectivity index (χ2v) is 2.44. The van der Waals surface area contributed by atoms with Gasteiger partial charge < -0.3 is 9.05 Å². The van der Waals surface area contributed by atoms with Crippen molar-refractivity contribution in [1.29, 1.82) is 0 Å². The standard InChI is InChI=1S/C4H11O3P.C3H4/c1-3-6-8(5)7-4-2;1-3-2/h8H,3-4H2,1-2H3;1-2H2. The summed E-state index contributed by atoms with van der Waals surface area (Å²) in [6.45, 7) is 10.7. The van der Waals surface area contributed by atoms with Gasteiger partial charge in [-0.2, -0.15) is 0 Å². The minimum absolute atomic E-state index is 0.456. The molecule has 66 valence electrons. The summed E-state index contributed by atoms with van der Waals surface area (Å²) >= 11 is 0. The summed E-state index contributed by atoms with van der Waals surface area (Å²) in [5, 5.41) is 0. The van der Waals surface area contributed by atoms with Crippen LogP contribution in [-0.4, -0.2) is 13.2 Å². The monoisotopic (exact) mass is 178 g/mol. The molecule has 0 radical (unpaired) electrons. The molecule has 0 aliphatic heterocycles. The SMILES string of the molecule is C=C=C.CCO[PH](=O)OCC. The van der Waals surface area contributed by atoms with Crippen molar-refractivity contribution < 1.29 is 13.6 Å². The Kier molecular flexibility index (Phi) is 14.9. The highest BCUT2D eigenvalue weighted by Crippen LogP contribution is 2.21. The van der Waals surface area contributed by atoms with Gasteiger partial charge >= 0.3 is 8.25 Å². The van der Waals surface area contributed by atoms with Gasteiger partial charge in [-0.3, -0.25) is 4.57 Å². The first-order valence-corrected chi connectivity index (χ1v) is 4.54. The number of hydrogen-bond acceptors (Lipinski definition) is 3. The van der Waals surface area contributed by atoms with Crippen LogP contribution >= 0.6 is 8.25 Å². The maximum atomic E-state index is 10.4. The van der Waals surface area contributed by atoms with Gasteiger partial charge in [0.05, 0.1) is 13.2 Å². The van der Waals surface area contributed by atoms with E-state index in [0.717, 1.165) is 0 Å². The Labute approximate surface area is 68.7 Å². The molecule has 0 fully saturated rings. The van der Waals surface area contributed by atoms with Gasteiger partial charge in [0, 0.05) is 0 Å². The van der Waals surface area contributed by atoms with Crippen molar-refractivity contribution >= 4 is 8.25 Å². The van der Waals surface area contributed by atoms with Gasteiger partial charge in [-0.25, -0.2) is 0 Å². The van der Waals surface area contributed by atoms with E-state index in [9.17, 15) is 4.57 Å². The summed E-state index contributed by atoms with van der Waals surface area (Å²) in [6.07, 6.45) is 0. The lowest BCUT2D eigenvalue weighted by Crippen LogP contribution is -1.81. The molecule has 3 nitrogen and oxygen atoms in total. The zero-order valence-corrected chi connectivity index (χ0v) is 8.05. The second-order valence-electron chi connectivity index (χ2n) is 1.37. The van der Waals surface area contributed by atoms with Crippen molar-refractivity contribution in [1.82, 2.24) is 0 Å². The molecule has 0 bridgehead atoms. The highest BCUT2D eigenvalue weighted by molar-refractivity contribution is 7.33. The van der Waals surface area contributed by atoms with E-state index in [1.165, 1.54) is 0 Å². The summed E-state index contributed by atoms with van der Waals surface area (Å²) in [4.78, 5) is 0. The Morgan fingerprint density at radius 2 is 1.55 bits per heavy atom. The van der Waals surface area contributed by atoms with Crippen molar-refractivity contribution in [2.24, 2.45) is 0 Å². The van der Waals surface area contributed by atoms with Gasteiger partial charge in [0.2, 0.25) is 0 Å². The van der Waals surface area contributed by atoms with Crippen LogP contribution in [0.4, 0.5) is 0 Å². The molecule has 0 unspecified atom stereocenters. The Hall–Kier alpha value is -0.330. The third-order valence-corrected chi connectivity index (χ3v) is 1.57. The van der Waals surface area contributed by atoms with Crippen LogP contribution in [-0.2, 0) is 13.6 Å². The smallest absolute Gasteiger partial charge is 0.311 e. The molecule has 0 rings (SSSR count). The van der Waals surface area contributed by atoms with Crippen LogP contribution in [0.25, 0.3) is 0 Å². The van der Waals surface area contributed by atoms with E-state index >= 15 is 0 Å². The van der Waals surface area contributed by atoms with Gasteiger partial charge in [-0.05, 0) is 13.8 Å². The average molecular weight is 178 g/mol. The molecule has 0 aliphatic rings. The Bertz CT molecular complexity index is 120. The molecule has 0 aromatic heterocycles. The number of hydrogen-bond donors (Lipinski definition) is 0. The molecular formula is C7H15O3P. The van der Waals surface area contributed by atoms with E-state index in [2.05, 4.69) is 27.9 Å². The molecule has 0 saturated heterocycles. The molecule has 4 heteroatoms. The maximum absolute atomic E-state index is 10.4. The minimum Gasteiger partial charge on any atom is -0.311 e. The topological polar surface area (TPSA) is 35.5 Å². The molecule has 0 N–H and O–H groups in total. The zero-order valence-electron chi connectivity index (χ0n) is 7.05. The Morgan fingerprint density at radius 3 is 1.73 bits per heavy atom. The van der Waals surface area contributed by atoms with Crippen LogP contribution in [0.1, 0.15) is 13.8 Å². The lowest BCUT2D eigenvalue weighted by molar-refractivity contribution is 0.243. The van der Waals surface area contributed by atoms with E-state index in [1.807, 2.05) is 0 Å². The van der Waals surface area contributed by atoms with E-state index < -0.39 is 8.25 Å². The summed E-state index contributed by atoms with van der Waals surface area (Å²) in [7, 11) is -2.14. The first kappa shape index (κ1) is 13.3. The Balaban J connectivity index is 0. The third-order valence-electron chi connectivity index (χ3n) is 0.524. The van der Waals surface area contributed by atoms with E-state index in [-0.39, 0.29) is 0 Å². The van der Waals surface area contributed by atoms with E-state index in [1.54, 1.807) is 13.8 Å². The highest BCUT2D eigenvalue weighted by Gasteiger charge is 1.91. The van der Waals surface area contributed by atoms with Crippen molar-refractivity contribution in [2.45, 2.75) is 13.8 Å². The van der Waals surface area contributed by atoms with Gasteiger partial charge in [-0.15, -0.1) is 5.73 Å². The molecule has 11 heavy (non-hydrogen) atoms. The van der Waals surface area contributed by atoms with Crippen molar-refractivity contribution in [3.8, 4) is 0 Å². The molecule has 0 aromatic rings. The summed E-state index contributed by atoms with van der Waals surface area (Å²) < 4.78 is 19.6. The first-order valence-electron chi connectivity index (χ1n) is 3.31. The van der Waals surface area contributed by atoms with E-state index in [0.29, 0.717) is 13.2 Å². The molecule has 0 aromatic carbocycles. The van der Waals surface area contributed by atoms with Gasteiger partial charge in [0.1, 0.15) is 0 Å². The van der Waals surface area contributed by atoms with Crippen LogP contribution in [0.3, 0.4) is 0 Å². The summed E-state index contributed by atoms with van der Waals surface area (Å²) in [6, 6.07) is 0. The van der Waals surface area contributed by atoms with Crippen LogP contribution in [0.2, 0.25) is 0 Å². The van der Waals surface area contributed by atoms with Crippen molar-refractivity contribution in [3.05, 3.63) is 18.9 Å². The van der Waals surface area contributed by atoms with Crippen molar-refractivity contribution in [2.75, 3.05) is 13.2 Å². The molecule has 0 saturated carbocycles. The normalized spacial score (nSPS) is 8.27. The third kappa shape index (κ3) is 17.7. The summed E-state index contributed by atoms with van der Waals surface area (Å²) in [5.41, 5.74) is 2.25. The van der Waals surface area contributed by atoms with Crippen LogP contribution < -0.4 is 0 Å². The molecule has 0 amide bonds. The maximum Gasteiger partial charge on any atom is 0.319 e.